The van der Waals surface area contributed by atoms with Crippen LogP contribution in [-0.2, 0) is 20.2 Å². The van der Waals surface area contributed by atoms with Gasteiger partial charge in [0.2, 0.25) is 15.9 Å². The van der Waals surface area contributed by atoms with E-state index >= 15 is 0 Å². The van der Waals surface area contributed by atoms with Crippen LogP contribution in [0.25, 0.3) is 0 Å². The molecule has 1 aliphatic rings. The van der Waals surface area contributed by atoms with Gasteiger partial charge in [-0.3, -0.25) is 4.79 Å². The predicted octanol–water partition coefficient (Wildman–Crippen LogP) is 2.79. The zero-order chi connectivity index (χ0) is 18.6. The van der Waals surface area contributed by atoms with Gasteiger partial charge in [-0.25, -0.2) is 17.5 Å². The zero-order valence-electron chi connectivity index (χ0n) is 14.2. The van der Waals surface area contributed by atoms with Gasteiger partial charge in [0.15, 0.2) is 0 Å². The summed E-state index contributed by atoms with van der Waals surface area (Å²) in [6.45, 7) is 0.118. The van der Waals surface area contributed by atoms with E-state index in [0.717, 1.165) is 37.8 Å². The van der Waals surface area contributed by atoms with Crippen molar-refractivity contribution >= 4 is 27.3 Å². The van der Waals surface area contributed by atoms with E-state index < -0.39 is 21.7 Å². The highest BCUT2D eigenvalue weighted by atomic mass is 32.2. The van der Waals surface area contributed by atoms with Crippen LogP contribution in [0.3, 0.4) is 0 Å². The molecule has 0 saturated heterocycles. The lowest BCUT2D eigenvalue weighted by Crippen LogP contribution is -2.43. The van der Waals surface area contributed by atoms with Crippen molar-refractivity contribution in [2.45, 2.75) is 36.0 Å². The van der Waals surface area contributed by atoms with Crippen molar-refractivity contribution in [3.63, 3.8) is 0 Å². The average Bonchev–Trinajstić information content (AvgIpc) is 3.30. The summed E-state index contributed by atoms with van der Waals surface area (Å²) in [5.74, 6) is -1.04. The molecule has 8 heteroatoms. The molecule has 1 aromatic heterocycles. The zero-order valence-corrected chi connectivity index (χ0v) is 15.8. The van der Waals surface area contributed by atoms with Gasteiger partial charge in [-0.2, -0.15) is 0 Å². The van der Waals surface area contributed by atoms with E-state index in [0.29, 0.717) is 6.54 Å². The summed E-state index contributed by atoms with van der Waals surface area (Å²) in [7, 11) is -3.92. The van der Waals surface area contributed by atoms with E-state index in [2.05, 4.69) is 16.1 Å². The van der Waals surface area contributed by atoms with Crippen LogP contribution in [0.2, 0.25) is 0 Å². The number of thiophene rings is 1. The maximum absolute atomic E-state index is 13.2. The minimum Gasteiger partial charge on any atom is -0.354 e. The second-order valence-corrected chi connectivity index (χ2v) is 9.24. The van der Waals surface area contributed by atoms with Gasteiger partial charge >= 0.3 is 0 Å². The molecule has 0 radical (unpaired) electrons. The minimum absolute atomic E-state index is 0.0503. The van der Waals surface area contributed by atoms with Crippen molar-refractivity contribution in [3.8, 4) is 0 Å². The number of carbonyl (C=O) groups is 1. The fourth-order valence-electron chi connectivity index (χ4n) is 3.35. The van der Waals surface area contributed by atoms with E-state index in [1.54, 1.807) is 11.3 Å². The number of sulfonamides is 1. The molecule has 0 aliphatic heterocycles. The number of rotatable bonds is 7. The number of hydrogen-bond donors (Lipinski definition) is 2. The van der Waals surface area contributed by atoms with Gasteiger partial charge in [0.05, 0.1) is 11.4 Å². The molecule has 140 valence electrons. The maximum atomic E-state index is 13.2. The van der Waals surface area contributed by atoms with E-state index in [9.17, 15) is 17.6 Å². The van der Waals surface area contributed by atoms with Crippen molar-refractivity contribution in [2.75, 3.05) is 13.1 Å². The monoisotopic (exact) mass is 396 g/mol. The Morgan fingerprint density at radius 2 is 1.96 bits per heavy atom. The molecule has 0 atom stereocenters. The molecule has 1 fully saturated rings. The molecule has 2 N–H and O–H groups in total. The Morgan fingerprint density at radius 1 is 1.19 bits per heavy atom. The normalized spacial score (nSPS) is 16.5. The third-order valence-electron chi connectivity index (χ3n) is 4.76. The number of benzene rings is 1. The van der Waals surface area contributed by atoms with Crippen LogP contribution in [0, 0.1) is 5.82 Å². The first-order chi connectivity index (χ1) is 12.4. The first-order valence-electron chi connectivity index (χ1n) is 8.47. The van der Waals surface area contributed by atoms with Gasteiger partial charge in [-0.05, 0) is 42.5 Å². The van der Waals surface area contributed by atoms with E-state index in [1.807, 2.05) is 11.4 Å². The molecule has 0 spiro atoms. The van der Waals surface area contributed by atoms with Crippen molar-refractivity contribution in [2.24, 2.45) is 0 Å². The molecule has 1 heterocycles. The van der Waals surface area contributed by atoms with Gasteiger partial charge in [0.25, 0.3) is 0 Å². The Bertz CT molecular complexity index is 860. The van der Waals surface area contributed by atoms with Crippen LogP contribution in [-0.4, -0.2) is 27.4 Å². The molecular weight excluding hydrogens is 375 g/mol. The number of amides is 1. The number of hydrogen-bond acceptors (Lipinski definition) is 4. The van der Waals surface area contributed by atoms with Gasteiger partial charge in [0, 0.05) is 16.8 Å². The summed E-state index contributed by atoms with van der Waals surface area (Å²) < 4.78 is 39.7. The quantitative estimate of drug-likeness (QED) is 0.756. The smallest absolute Gasteiger partial charge is 0.241 e. The molecule has 2 aromatic rings. The molecule has 0 bridgehead atoms. The van der Waals surface area contributed by atoms with Crippen LogP contribution in [0.15, 0.2) is 46.7 Å². The lowest BCUT2D eigenvalue weighted by Gasteiger charge is -2.28. The molecule has 1 aromatic carbocycles. The first-order valence-corrected chi connectivity index (χ1v) is 10.8. The van der Waals surface area contributed by atoms with E-state index in [1.165, 1.54) is 17.0 Å². The van der Waals surface area contributed by atoms with Crippen LogP contribution >= 0.6 is 11.3 Å². The number of halogens is 1. The lowest BCUT2D eigenvalue weighted by molar-refractivity contribution is -0.120. The maximum Gasteiger partial charge on any atom is 0.241 e. The fourth-order valence-corrected chi connectivity index (χ4v) is 5.35. The van der Waals surface area contributed by atoms with Gasteiger partial charge < -0.3 is 5.32 Å². The summed E-state index contributed by atoms with van der Waals surface area (Å²) in [6, 6.07) is 8.79. The molecule has 26 heavy (non-hydrogen) atoms. The number of nitrogens with one attached hydrogen (secondary N) is 2. The highest BCUT2D eigenvalue weighted by Crippen LogP contribution is 2.42. The summed E-state index contributed by atoms with van der Waals surface area (Å²) in [5.41, 5.74) is -0.0503. The van der Waals surface area contributed by atoms with Crippen LogP contribution < -0.4 is 10.0 Å². The lowest BCUT2D eigenvalue weighted by atomic mass is 9.84. The van der Waals surface area contributed by atoms with Gasteiger partial charge in [0.1, 0.15) is 5.82 Å². The summed E-state index contributed by atoms with van der Waals surface area (Å²) >= 11 is 1.69. The summed E-state index contributed by atoms with van der Waals surface area (Å²) in [4.78, 5) is 13.2. The highest BCUT2D eigenvalue weighted by Gasteiger charge is 2.36. The second kappa shape index (κ2) is 7.85. The molecule has 0 unspecified atom stereocenters. The molecule has 5 nitrogen and oxygen atoms in total. The molecule has 3 rings (SSSR count). The standard InChI is InChI=1S/C18H21FN2O3S2/c19-14-5-3-6-15(11-14)26(23,24)21-12-17(22)20-13-18(8-1-2-9-18)16-7-4-10-25-16/h3-7,10-11,21H,1-2,8-9,12-13H2,(H,20,22). The van der Waals surface area contributed by atoms with Crippen LogP contribution in [0.4, 0.5) is 4.39 Å². The van der Waals surface area contributed by atoms with E-state index in [4.69, 9.17) is 0 Å². The van der Waals surface area contributed by atoms with Crippen molar-refractivity contribution < 1.29 is 17.6 Å². The highest BCUT2D eigenvalue weighted by molar-refractivity contribution is 7.89. The third-order valence-corrected chi connectivity index (χ3v) is 7.27. The Labute approximate surface area is 156 Å². The van der Waals surface area contributed by atoms with Gasteiger partial charge in [-0.15, -0.1) is 11.3 Å². The first kappa shape index (κ1) is 19.0. The summed E-state index contributed by atoms with van der Waals surface area (Å²) in [5, 5.41) is 4.89. The fraction of sp³-hybridized carbons (Fsp3) is 0.389. The Kier molecular flexibility index (Phi) is 5.74. The van der Waals surface area contributed by atoms with Gasteiger partial charge in [-0.1, -0.05) is 25.0 Å². The Morgan fingerprint density at radius 3 is 2.62 bits per heavy atom. The average molecular weight is 397 g/mol. The van der Waals surface area contributed by atoms with Crippen molar-refractivity contribution in [3.05, 3.63) is 52.5 Å². The predicted molar refractivity (Wildman–Crippen MR) is 99.1 cm³/mol. The Balaban J connectivity index is 1.57. The largest absolute Gasteiger partial charge is 0.354 e. The molecular formula is C18H21FN2O3S2. The molecule has 1 amide bonds. The SMILES string of the molecule is O=C(CNS(=O)(=O)c1cccc(F)c1)NCC1(c2cccs2)CCCC1. The Hall–Kier alpha value is -1.77. The molecule has 1 aliphatic carbocycles. The van der Waals surface area contributed by atoms with Crippen molar-refractivity contribution in [1.82, 2.24) is 10.0 Å². The topological polar surface area (TPSA) is 75.3 Å². The minimum atomic E-state index is -3.92. The van der Waals surface area contributed by atoms with Crippen LogP contribution in [0.1, 0.15) is 30.6 Å². The molecule has 1 saturated carbocycles. The third kappa shape index (κ3) is 4.31. The van der Waals surface area contributed by atoms with Crippen molar-refractivity contribution in [1.29, 1.82) is 0 Å². The van der Waals surface area contributed by atoms with E-state index in [-0.39, 0.29) is 16.9 Å². The van der Waals surface area contributed by atoms with Crippen LogP contribution in [0.5, 0.6) is 0 Å². The number of carbonyl (C=O) groups excluding carboxylic acids is 1. The second-order valence-electron chi connectivity index (χ2n) is 6.52. The summed E-state index contributed by atoms with van der Waals surface area (Å²) in [6.07, 6.45) is 4.28.